The fourth-order valence-electron chi connectivity index (χ4n) is 7.16. The van der Waals surface area contributed by atoms with E-state index in [9.17, 15) is 36.0 Å². The van der Waals surface area contributed by atoms with Crippen molar-refractivity contribution in [3.05, 3.63) is 47.8 Å². The van der Waals surface area contributed by atoms with Crippen molar-refractivity contribution in [1.29, 1.82) is 0 Å². The quantitative estimate of drug-likeness (QED) is 0.262. The summed E-state index contributed by atoms with van der Waals surface area (Å²) in [5.74, 6) is -3.10. The zero-order chi connectivity index (χ0) is 36.6. The van der Waals surface area contributed by atoms with Gasteiger partial charge in [-0.3, -0.25) is 9.59 Å². The van der Waals surface area contributed by atoms with Gasteiger partial charge in [-0.15, -0.1) is 0 Å². The topological polar surface area (TPSA) is 149 Å². The number of ether oxygens (including phenoxy) is 3. The van der Waals surface area contributed by atoms with Crippen LogP contribution in [0, 0.1) is 23.6 Å². The molecule has 0 spiro atoms. The zero-order valence-corrected chi connectivity index (χ0v) is 28.9. The van der Waals surface area contributed by atoms with E-state index in [1.54, 1.807) is 20.8 Å². The monoisotopic (exact) mass is 727 g/mol. The minimum absolute atomic E-state index is 0.0174. The van der Waals surface area contributed by atoms with Crippen LogP contribution < -0.4 is 25.4 Å². The maximum Gasteiger partial charge on any atom is 0.501 e. The highest BCUT2D eigenvalue weighted by Gasteiger charge is 2.52. The molecule has 3 amide bonds. The Balaban J connectivity index is 1.26. The maximum absolute atomic E-state index is 15.1. The molecule has 5 rings (SSSR count). The number of fused-ring (bicyclic) bond motifs is 2. The predicted molar refractivity (Wildman–Crippen MR) is 173 cm³/mol. The van der Waals surface area contributed by atoms with Gasteiger partial charge in [0.05, 0.1) is 29.6 Å². The maximum atomic E-state index is 15.1. The summed E-state index contributed by atoms with van der Waals surface area (Å²) in [6.07, 6.45) is 3.35. The Kier molecular flexibility index (Phi) is 10.6. The number of halogens is 4. The highest BCUT2D eigenvalue weighted by atomic mass is 32.2. The van der Waals surface area contributed by atoms with Gasteiger partial charge in [-0.2, -0.15) is 13.2 Å². The molecule has 50 heavy (non-hydrogen) atoms. The van der Waals surface area contributed by atoms with E-state index in [4.69, 9.17) is 14.2 Å². The van der Waals surface area contributed by atoms with Crippen LogP contribution in [0.15, 0.2) is 41.3 Å². The van der Waals surface area contributed by atoms with E-state index in [2.05, 4.69) is 16.0 Å². The van der Waals surface area contributed by atoms with Crippen molar-refractivity contribution in [2.75, 3.05) is 12.4 Å². The Labute approximate surface area is 287 Å². The van der Waals surface area contributed by atoms with Gasteiger partial charge in [0, 0.05) is 23.8 Å². The second kappa shape index (κ2) is 14.3. The van der Waals surface area contributed by atoms with Crippen molar-refractivity contribution < 1.29 is 54.6 Å². The first-order chi connectivity index (χ1) is 23.4. The van der Waals surface area contributed by atoms with Gasteiger partial charge in [0.1, 0.15) is 11.4 Å². The first-order valence-corrected chi connectivity index (χ1v) is 17.9. The number of methoxy groups -OCH3 is 1. The molecule has 0 aliphatic heterocycles. The van der Waals surface area contributed by atoms with Crippen LogP contribution in [-0.4, -0.2) is 62.7 Å². The normalized spacial score (nSPS) is 25.0. The summed E-state index contributed by atoms with van der Waals surface area (Å²) in [6.45, 7) is 5.31. The van der Waals surface area contributed by atoms with Crippen LogP contribution in [0.1, 0.15) is 76.1 Å². The number of carbonyl (C=O) groups is 3. The van der Waals surface area contributed by atoms with Crippen molar-refractivity contribution in [3.8, 4) is 11.5 Å². The molecule has 3 N–H and O–H groups in total. The van der Waals surface area contributed by atoms with E-state index in [0.29, 0.717) is 38.5 Å². The summed E-state index contributed by atoms with van der Waals surface area (Å²) in [5.41, 5.74) is -6.30. The van der Waals surface area contributed by atoms with Gasteiger partial charge < -0.3 is 30.2 Å². The average Bonchev–Trinajstić information content (AvgIpc) is 3.63. The number of sulfone groups is 1. The van der Waals surface area contributed by atoms with Gasteiger partial charge in [-0.05, 0) is 102 Å². The van der Waals surface area contributed by atoms with Gasteiger partial charge in [-0.25, -0.2) is 17.6 Å². The Morgan fingerprint density at radius 2 is 1.56 bits per heavy atom. The number of carbonyl (C=O) groups excluding carboxylic acids is 3. The number of nitrogens with one attached hydrogen (secondary N) is 3. The highest BCUT2D eigenvalue weighted by Crippen LogP contribution is 2.49. The second-order valence-corrected chi connectivity index (χ2v) is 16.0. The molecule has 0 heterocycles. The molecule has 2 bridgehead atoms. The number of hydrogen-bond donors (Lipinski definition) is 3. The number of amides is 3. The molecule has 11 nitrogen and oxygen atoms in total. The number of hydrogen-bond acceptors (Lipinski definition) is 8. The number of anilines is 1. The third-order valence-electron chi connectivity index (χ3n) is 9.42. The summed E-state index contributed by atoms with van der Waals surface area (Å²) < 4.78 is 94.9. The summed E-state index contributed by atoms with van der Waals surface area (Å²) in [7, 11) is -4.35. The van der Waals surface area contributed by atoms with Crippen molar-refractivity contribution in [2.24, 2.45) is 17.8 Å². The van der Waals surface area contributed by atoms with Gasteiger partial charge in [0.2, 0.25) is 5.91 Å². The third-order valence-corrected chi connectivity index (χ3v) is 10.9. The fourth-order valence-corrected chi connectivity index (χ4v) is 7.96. The predicted octanol–water partition coefficient (Wildman–Crippen LogP) is 6.13. The number of alkyl carbamates (subject to hydrolysis) is 1. The number of alkyl halides is 3. The molecule has 3 saturated carbocycles. The van der Waals surface area contributed by atoms with Crippen LogP contribution in [0.3, 0.4) is 0 Å². The second-order valence-electron chi connectivity index (χ2n) is 14.0. The Morgan fingerprint density at radius 1 is 0.880 bits per heavy atom. The van der Waals surface area contributed by atoms with E-state index in [1.165, 1.54) is 19.2 Å². The Bertz CT molecular complexity index is 1720. The standard InChI is InChI=1S/C34H41F4N3O8S/c1-33(2,3)49-32(44)40-20-10-12-22(13-11-20)48-27-16-24(26(47-4)17-25(27)35)30(42)41-29-19-9-8-18(14-19)28(29)31(43)39-21-6-5-7-23(15-21)50(45,46)34(36,37)38/h5-7,15-20,22,28-29H,8-14H2,1-4H3,(H,39,43)(H,40,44)(H,41,42)/t18-,19+,20-,22-,28+,29-/m1/s1. The lowest BCUT2D eigenvalue weighted by molar-refractivity contribution is -0.122. The Hall–Kier alpha value is -4.08. The first-order valence-electron chi connectivity index (χ1n) is 16.4. The van der Waals surface area contributed by atoms with Crippen LogP contribution in [-0.2, 0) is 19.4 Å². The summed E-state index contributed by atoms with van der Waals surface area (Å²) in [4.78, 5) is 38.4. The smallest absolute Gasteiger partial charge is 0.496 e. The summed E-state index contributed by atoms with van der Waals surface area (Å²) >= 11 is 0. The van der Waals surface area contributed by atoms with Gasteiger partial charge >= 0.3 is 11.6 Å². The molecule has 16 heteroatoms. The molecule has 3 fully saturated rings. The van der Waals surface area contributed by atoms with Crippen molar-refractivity contribution in [1.82, 2.24) is 10.6 Å². The molecule has 0 radical (unpaired) electrons. The molecular formula is C34H41F4N3O8S. The molecule has 2 aromatic rings. The highest BCUT2D eigenvalue weighted by molar-refractivity contribution is 7.92. The lowest BCUT2D eigenvalue weighted by Crippen LogP contribution is -2.48. The first kappa shape index (κ1) is 37.2. The molecule has 4 atom stereocenters. The van der Waals surface area contributed by atoms with E-state index < -0.39 is 61.5 Å². The van der Waals surface area contributed by atoms with E-state index >= 15 is 4.39 Å². The van der Waals surface area contributed by atoms with Crippen LogP contribution in [0.4, 0.5) is 28.0 Å². The van der Waals surface area contributed by atoms with Crippen LogP contribution in [0.25, 0.3) is 0 Å². The minimum atomic E-state index is -5.63. The largest absolute Gasteiger partial charge is 0.501 e. The number of rotatable bonds is 9. The third kappa shape index (κ3) is 8.27. The average molecular weight is 728 g/mol. The van der Waals surface area contributed by atoms with Crippen LogP contribution in [0.5, 0.6) is 11.5 Å². The molecule has 0 unspecified atom stereocenters. The van der Waals surface area contributed by atoms with E-state index in [-0.39, 0.29) is 46.7 Å². The lowest BCUT2D eigenvalue weighted by atomic mass is 9.83. The summed E-state index contributed by atoms with van der Waals surface area (Å²) in [6, 6.07) is 5.44. The van der Waals surface area contributed by atoms with Gasteiger partial charge in [0.15, 0.2) is 11.6 Å². The van der Waals surface area contributed by atoms with Gasteiger partial charge in [0.25, 0.3) is 15.7 Å². The molecule has 3 aliphatic carbocycles. The fraction of sp³-hybridized carbons (Fsp3) is 0.559. The summed E-state index contributed by atoms with van der Waals surface area (Å²) in [5, 5.41) is 8.29. The zero-order valence-electron chi connectivity index (χ0n) is 28.1. The molecule has 3 aliphatic rings. The number of benzene rings is 2. The van der Waals surface area contributed by atoms with Crippen LogP contribution >= 0.6 is 0 Å². The minimum Gasteiger partial charge on any atom is -0.496 e. The molecular weight excluding hydrogens is 686 g/mol. The SMILES string of the molecule is COc1cc(F)c(O[C@H]2CC[C@H](NC(=O)OC(C)(C)C)CC2)cc1C(=O)N[C@@H]1[C@H]2CC[C@H](C2)[C@@H]1C(=O)Nc1cccc(S(=O)(=O)C(F)(F)F)c1. The van der Waals surface area contributed by atoms with Crippen molar-refractivity contribution >= 4 is 33.4 Å². The lowest BCUT2D eigenvalue weighted by Gasteiger charge is -2.31. The Morgan fingerprint density at radius 3 is 2.20 bits per heavy atom. The molecule has 0 aromatic heterocycles. The van der Waals surface area contributed by atoms with E-state index in [0.717, 1.165) is 30.7 Å². The van der Waals surface area contributed by atoms with Crippen molar-refractivity contribution in [3.63, 3.8) is 0 Å². The van der Waals surface area contributed by atoms with Crippen LogP contribution in [0.2, 0.25) is 0 Å². The van der Waals surface area contributed by atoms with Crippen molar-refractivity contribution in [2.45, 2.75) is 99.9 Å². The molecule has 0 saturated heterocycles. The van der Waals surface area contributed by atoms with E-state index in [1.807, 2.05) is 0 Å². The molecule has 2 aromatic carbocycles. The van der Waals surface area contributed by atoms with Gasteiger partial charge in [-0.1, -0.05) is 6.07 Å². The molecule has 274 valence electrons.